The quantitative estimate of drug-likeness (QED) is 0.242. The number of oxazole rings is 1. The maximum atomic E-state index is 13.1. The Morgan fingerprint density at radius 3 is 2.49 bits per heavy atom. The van der Waals surface area contributed by atoms with Gasteiger partial charge in [0.2, 0.25) is 0 Å². The van der Waals surface area contributed by atoms with Gasteiger partial charge in [-0.25, -0.2) is 14.6 Å². The van der Waals surface area contributed by atoms with Crippen molar-refractivity contribution in [3.63, 3.8) is 0 Å². The monoisotopic (exact) mass is 534 g/mol. The van der Waals surface area contributed by atoms with Gasteiger partial charge in [-0.1, -0.05) is 19.1 Å². The molecule has 0 fully saturated rings. The second-order valence-corrected chi connectivity index (χ2v) is 8.68. The van der Waals surface area contributed by atoms with Crippen LogP contribution in [0.2, 0.25) is 0 Å². The van der Waals surface area contributed by atoms with Crippen LogP contribution in [0.1, 0.15) is 30.4 Å². The summed E-state index contributed by atoms with van der Waals surface area (Å²) >= 11 is 0. The van der Waals surface area contributed by atoms with Gasteiger partial charge in [0, 0.05) is 6.42 Å². The van der Waals surface area contributed by atoms with E-state index in [0.717, 1.165) is 5.69 Å². The molecule has 0 bridgehead atoms. The number of carboxylic acid groups (broad SMARTS) is 1. The van der Waals surface area contributed by atoms with Gasteiger partial charge in [0.1, 0.15) is 29.1 Å². The predicted molar refractivity (Wildman–Crippen MR) is 141 cm³/mol. The number of aryl methyl sites for hydroxylation is 1. The molecule has 0 aliphatic rings. The minimum absolute atomic E-state index is 0.0197. The fourth-order valence-corrected chi connectivity index (χ4v) is 4.00. The second kappa shape index (κ2) is 12.7. The molecular formula is C29H30N2O8. The van der Waals surface area contributed by atoms with Crippen LogP contribution >= 0.6 is 0 Å². The van der Waals surface area contributed by atoms with E-state index >= 15 is 0 Å². The summed E-state index contributed by atoms with van der Waals surface area (Å²) in [6, 6.07) is 16.1. The van der Waals surface area contributed by atoms with Crippen molar-refractivity contribution in [3.8, 4) is 28.9 Å². The molecule has 1 amide bonds. The Hall–Kier alpha value is -4.73. The summed E-state index contributed by atoms with van der Waals surface area (Å²) in [5, 5.41) is 9.76. The van der Waals surface area contributed by atoms with E-state index in [1.165, 1.54) is 12.0 Å². The van der Waals surface area contributed by atoms with E-state index < -0.39 is 18.1 Å². The molecule has 0 saturated heterocycles. The van der Waals surface area contributed by atoms with Gasteiger partial charge in [-0.15, -0.1) is 0 Å². The summed E-state index contributed by atoms with van der Waals surface area (Å²) < 4.78 is 27.6. The zero-order valence-electron chi connectivity index (χ0n) is 22.0. The van der Waals surface area contributed by atoms with E-state index in [9.17, 15) is 14.7 Å². The number of carbonyl (C=O) groups is 2. The van der Waals surface area contributed by atoms with Crippen LogP contribution < -0.4 is 14.2 Å². The fraction of sp³-hybridized carbons (Fsp3) is 0.276. The first-order valence-electron chi connectivity index (χ1n) is 12.4. The van der Waals surface area contributed by atoms with Gasteiger partial charge in [0.25, 0.3) is 5.89 Å². The molecule has 1 N–H and O–H groups in total. The summed E-state index contributed by atoms with van der Waals surface area (Å²) in [6.07, 6.45) is 1.51. The molecule has 0 aliphatic heterocycles. The SMILES string of the molecule is CCC(C(=O)O)N(Cc1cccc(OCCc2nc(-c3ccco3)oc2C)c1)C(=O)Oc1ccc(OC)cc1. The van der Waals surface area contributed by atoms with Crippen LogP contribution in [0.3, 0.4) is 0 Å². The lowest BCUT2D eigenvalue weighted by molar-refractivity contribution is -0.142. The highest BCUT2D eigenvalue weighted by atomic mass is 16.6. The number of rotatable bonds is 12. The minimum Gasteiger partial charge on any atom is -0.497 e. The molecule has 0 spiro atoms. The molecule has 0 radical (unpaired) electrons. The Kier molecular flexibility index (Phi) is 8.88. The highest BCUT2D eigenvalue weighted by Crippen LogP contribution is 2.24. The molecule has 2 aromatic heterocycles. The fourth-order valence-electron chi connectivity index (χ4n) is 4.00. The number of ether oxygens (including phenoxy) is 3. The Balaban J connectivity index is 1.42. The lowest BCUT2D eigenvalue weighted by Gasteiger charge is -2.27. The Morgan fingerprint density at radius 1 is 1.05 bits per heavy atom. The van der Waals surface area contributed by atoms with Crippen LogP contribution in [-0.2, 0) is 17.8 Å². The molecule has 2 heterocycles. The molecule has 1 unspecified atom stereocenters. The van der Waals surface area contributed by atoms with Gasteiger partial charge >= 0.3 is 12.1 Å². The van der Waals surface area contributed by atoms with Crippen molar-refractivity contribution < 1.29 is 37.7 Å². The maximum Gasteiger partial charge on any atom is 0.416 e. The third kappa shape index (κ3) is 6.98. The zero-order valence-corrected chi connectivity index (χ0v) is 22.0. The van der Waals surface area contributed by atoms with Crippen molar-refractivity contribution in [2.75, 3.05) is 13.7 Å². The minimum atomic E-state index is -1.12. The van der Waals surface area contributed by atoms with E-state index in [4.69, 9.17) is 23.0 Å². The first-order valence-corrected chi connectivity index (χ1v) is 12.4. The average molecular weight is 535 g/mol. The number of aliphatic carboxylic acids is 1. The summed E-state index contributed by atoms with van der Waals surface area (Å²) in [5.41, 5.74) is 1.45. The topological polar surface area (TPSA) is 124 Å². The highest BCUT2D eigenvalue weighted by molar-refractivity contribution is 5.81. The van der Waals surface area contributed by atoms with Crippen molar-refractivity contribution in [2.45, 2.75) is 39.3 Å². The third-order valence-corrected chi connectivity index (χ3v) is 6.03. The number of amides is 1. The summed E-state index contributed by atoms with van der Waals surface area (Å²) in [5.74, 6) is 2.00. The van der Waals surface area contributed by atoms with Gasteiger partial charge in [-0.2, -0.15) is 0 Å². The zero-order chi connectivity index (χ0) is 27.8. The molecule has 0 aliphatic carbocycles. The summed E-state index contributed by atoms with van der Waals surface area (Å²) in [7, 11) is 1.53. The van der Waals surface area contributed by atoms with E-state index in [-0.39, 0.29) is 18.7 Å². The number of carboxylic acids is 1. The molecule has 4 aromatic rings. The lowest BCUT2D eigenvalue weighted by atomic mass is 10.1. The van der Waals surface area contributed by atoms with Crippen LogP contribution in [0.4, 0.5) is 4.79 Å². The van der Waals surface area contributed by atoms with Gasteiger partial charge in [-0.05, 0) is 67.4 Å². The first-order chi connectivity index (χ1) is 18.9. The molecule has 10 heteroatoms. The van der Waals surface area contributed by atoms with Crippen LogP contribution in [-0.4, -0.2) is 46.8 Å². The van der Waals surface area contributed by atoms with Crippen molar-refractivity contribution >= 4 is 12.1 Å². The van der Waals surface area contributed by atoms with Crippen molar-refractivity contribution in [1.82, 2.24) is 9.88 Å². The van der Waals surface area contributed by atoms with E-state index in [1.54, 1.807) is 73.9 Å². The number of methoxy groups -OCH3 is 1. The molecule has 2 aromatic carbocycles. The molecule has 204 valence electrons. The number of hydrogen-bond donors (Lipinski definition) is 1. The summed E-state index contributed by atoms with van der Waals surface area (Å²) in [4.78, 5) is 30.7. The first kappa shape index (κ1) is 27.3. The van der Waals surface area contributed by atoms with Gasteiger partial charge in [0.15, 0.2) is 5.76 Å². The molecule has 4 rings (SSSR count). The normalized spacial score (nSPS) is 11.6. The smallest absolute Gasteiger partial charge is 0.416 e. The Morgan fingerprint density at radius 2 is 1.82 bits per heavy atom. The molecular weight excluding hydrogens is 504 g/mol. The molecule has 39 heavy (non-hydrogen) atoms. The van der Waals surface area contributed by atoms with Gasteiger partial charge in [0.05, 0.1) is 32.2 Å². The third-order valence-electron chi connectivity index (χ3n) is 6.03. The number of furan rings is 1. The van der Waals surface area contributed by atoms with Crippen LogP contribution in [0.5, 0.6) is 17.2 Å². The Bertz CT molecular complexity index is 1380. The van der Waals surface area contributed by atoms with Gasteiger partial charge < -0.3 is 28.2 Å². The maximum absolute atomic E-state index is 13.1. The predicted octanol–water partition coefficient (Wildman–Crippen LogP) is 5.74. The van der Waals surface area contributed by atoms with E-state index in [0.29, 0.717) is 47.5 Å². The van der Waals surface area contributed by atoms with Gasteiger partial charge in [-0.3, -0.25) is 4.90 Å². The average Bonchev–Trinajstić information content (AvgIpc) is 3.59. The number of carbonyl (C=O) groups excluding carboxylic acids is 1. The number of benzene rings is 2. The molecule has 1 atom stereocenters. The highest BCUT2D eigenvalue weighted by Gasteiger charge is 2.30. The standard InChI is InChI=1S/C29H30N2O8/c1-4-25(28(32)33)31(29(34)39-22-12-10-21(35-3)11-13-22)18-20-7-5-8-23(17-20)36-16-14-24-19(2)38-27(30-24)26-9-6-15-37-26/h5-13,15,17,25H,4,14,16,18H2,1-3H3,(H,32,33). The largest absolute Gasteiger partial charge is 0.497 e. The van der Waals surface area contributed by atoms with Crippen molar-refractivity contribution in [1.29, 1.82) is 0 Å². The lowest BCUT2D eigenvalue weighted by Crippen LogP contribution is -2.45. The van der Waals surface area contributed by atoms with Crippen molar-refractivity contribution in [2.24, 2.45) is 0 Å². The van der Waals surface area contributed by atoms with Crippen LogP contribution in [0.25, 0.3) is 11.7 Å². The van der Waals surface area contributed by atoms with Crippen molar-refractivity contribution in [3.05, 3.63) is 83.9 Å². The van der Waals surface area contributed by atoms with Crippen LogP contribution in [0, 0.1) is 6.92 Å². The molecule has 0 saturated carbocycles. The van der Waals surface area contributed by atoms with E-state index in [1.807, 2.05) is 6.92 Å². The Labute approximate surface area is 225 Å². The summed E-state index contributed by atoms with van der Waals surface area (Å²) in [6.45, 7) is 3.90. The number of aromatic nitrogens is 1. The molecule has 10 nitrogen and oxygen atoms in total. The number of nitrogens with zero attached hydrogens (tertiary/aromatic N) is 2. The number of hydrogen-bond acceptors (Lipinski definition) is 8. The van der Waals surface area contributed by atoms with E-state index in [2.05, 4.69) is 4.98 Å². The second-order valence-electron chi connectivity index (χ2n) is 8.68. The van der Waals surface area contributed by atoms with Crippen LogP contribution in [0.15, 0.2) is 75.8 Å².